The lowest BCUT2D eigenvalue weighted by molar-refractivity contribution is 0.0978. The lowest BCUT2D eigenvalue weighted by atomic mass is 9.95. The van der Waals surface area contributed by atoms with E-state index < -0.39 is 0 Å². The van der Waals surface area contributed by atoms with Gasteiger partial charge in [-0.1, -0.05) is 25.1 Å². The summed E-state index contributed by atoms with van der Waals surface area (Å²) in [6, 6.07) is 6.73. The first-order valence-corrected chi connectivity index (χ1v) is 7.23. The van der Waals surface area contributed by atoms with Gasteiger partial charge in [-0.15, -0.1) is 0 Å². The van der Waals surface area contributed by atoms with Crippen molar-refractivity contribution in [1.29, 1.82) is 0 Å². The van der Waals surface area contributed by atoms with Gasteiger partial charge in [0.1, 0.15) is 0 Å². The second-order valence-corrected chi connectivity index (χ2v) is 4.88. The lowest BCUT2D eigenvalue weighted by Gasteiger charge is -2.32. The number of benzene rings is 1. The molecule has 0 spiro atoms. The van der Waals surface area contributed by atoms with Crippen molar-refractivity contribution in [3.63, 3.8) is 0 Å². The molecule has 1 rings (SSSR count). The van der Waals surface area contributed by atoms with Gasteiger partial charge in [-0.25, -0.2) is 0 Å². The summed E-state index contributed by atoms with van der Waals surface area (Å²) < 4.78 is 5.47. The topological polar surface area (TPSA) is 38.5 Å². The first-order valence-electron chi connectivity index (χ1n) is 7.23. The van der Waals surface area contributed by atoms with Crippen LogP contribution in [0.5, 0.6) is 0 Å². The van der Waals surface area contributed by atoms with Crippen LogP contribution in [0.2, 0.25) is 0 Å². The number of nitrogens with two attached hydrogens (primary N) is 1. The molecule has 1 atom stereocenters. The highest BCUT2D eigenvalue weighted by Crippen LogP contribution is 2.26. The zero-order chi connectivity index (χ0) is 14.3. The monoisotopic (exact) mass is 264 g/mol. The molecule has 0 heterocycles. The van der Waals surface area contributed by atoms with Crippen molar-refractivity contribution in [2.24, 2.45) is 5.73 Å². The predicted octanol–water partition coefficient (Wildman–Crippen LogP) is 2.66. The van der Waals surface area contributed by atoms with Crippen molar-refractivity contribution in [2.75, 3.05) is 32.8 Å². The normalized spacial score (nSPS) is 12.9. The first-order chi connectivity index (χ1) is 9.15. The Hall–Kier alpha value is -0.900. The average Bonchev–Trinajstić information content (AvgIpc) is 2.40. The molecule has 2 N–H and O–H groups in total. The minimum atomic E-state index is 0.284. The summed E-state index contributed by atoms with van der Waals surface area (Å²) in [4.78, 5) is 2.41. The molecule has 3 heteroatoms. The maximum Gasteiger partial charge on any atom is 0.0593 e. The molecule has 0 saturated heterocycles. The molecular weight excluding hydrogens is 236 g/mol. The fourth-order valence-corrected chi connectivity index (χ4v) is 2.66. The second-order valence-electron chi connectivity index (χ2n) is 4.88. The molecule has 0 fully saturated rings. The number of ether oxygens (including phenoxy) is 1. The van der Waals surface area contributed by atoms with Gasteiger partial charge < -0.3 is 10.5 Å². The van der Waals surface area contributed by atoms with Crippen LogP contribution in [0.15, 0.2) is 18.2 Å². The molecule has 0 saturated carbocycles. The lowest BCUT2D eigenvalue weighted by Crippen LogP contribution is -2.36. The third-order valence-electron chi connectivity index (χ3n) is 3.67. The molecule has 0 aliphatic carbocycles. The van der Waals surface area contributed by atoms with Crippen LogP contribution >= 0.6 is 0 Å². The quantitative estimate of drug-likeness (QED) is 0.734. The highest BCUT2D eigenvalue weighted by molar-refractivity contribution is 5.36. The third-order valence-corrected chi connectivity index (χ3v) is 3.67. The van der Waals surface area contributed by atoms with E-state index in [2.05, 4.69) is 43.9 Å². The van der Waals surface area contributed by atoms with E-state index in [9.17, 15) is 0 Å². The first kappa shape index (κ1) is 16.2. The number of hydrogen-bond donors (Lipinski definition) is 1. The van der Waals surface area contributed by atoms with Crippen LogP contribution in [0.4, 0.5) is 0 Å². The largest absolute Gasteiger partial charge is 0.380 e. The summed E-state index contributed by atoms with van der Waals surface area (Å²) >= 11 is 0. The van der Waals surface area contributed by atoms with Gasteiger partial charge in [-0.3, -0.25) is 4.90 Å². The van der Waals surface area contributed by atoms with Gasteiger partial charge in [-0.05, 0) is 44.0 Å². The highest BCUT2D eigenvalue weighted by Gasteiger charge is 2.20. The fourth-order valence-electron chi connectivity index (χ4n) is 2.66. The van der Waals surface area contributed by atoms with E-state index in [0.717, 1.165) is 26.3 Å². The zero-order valence-corrected chi connectivity index (χ0v) is 12.8. The van der Waals surface area contributed by atoms with Crippen molar-refractivity contribution >= 4 is 0 Å². The molecule has 1 aromatic carbocycles. The SMILES string of the molecule is CCOCCN(CC)C(CN)c1c(C)cccc1C. The predicted molar refractivity (Wildman–Crippen MR) is 81.5 cm³/mol. The van der Waals surface area contributed by atoms with E-state index in [1.54, 1.807) is 0 Å². The van der Waals surface area contributed by atoms with Crippen LogP contribution in [0, 0.1) is 13.8 Å². The summed E-state index contributed by atoms with van der Waals surface area (Å²) in [5.74, 6) is 0. The third kappa shape index (κ3) is 4.30. The van der Waals surface area contributed by atoms with E-state index in [4.69, 9.17) is 10.5 Å². The molecule has 0 radical (unpaired) electrons. The van der Waals surface area contributed by atoms with Gasteiger partial charge in [0.15, 0.2) is 0 Å². The second kappa shape index (κ2) is 8.31. The molecule has 0 aliphatic heterocycles. The standard InChI is InChI=1S/C16H28N2O/c1-5-18(10-11-19-6-2)15(12-17)16-13(3)8-7-9-14(16)4/h7-9,15H,5-6,10-12,17H2,1-4H3. The van der Waals surface area contributed by atoms with Crippen molar-refractivity contribution in [3.05, 3.63) is 34.9 Å². The van der Waals surface area contributed by atoms with Crippen LogP contribution in [-0.4, -0.2) is 37.7 Å². The average molecular weight is 264 g/mol. The maximum absolute atomic E-state index is 6.04. The van der Waals surface area contributed by atoms with E-state index in [1.165, 1.54) is 16.7 Å². The van der Waals surface area contributed by atoms with Crippen LogP contribution in [0.25, 0.3) is 0 Å². The van der Waals surface area contributed by atoms with E-state index in [-0.39, 0.29) is 6.04 Å². The van der Waals surface area contributed by atoms with Crippen LogP contribution < -0.4 is 5.73 Å². The van der Waals surface area contributed by atoms with E-state index in [0.29, 0.717) is 6.54 Å². The summed E-state index contributed by atoms with van der Waals surface area (Å²) in [5, 5.41) is 0. The van der Waals surface area contributed by atoms with Crippen LogP contribution in [0.1, 0.15) is 36.6 Å². The van der Waals surface area contributed by atoms with Crippen molar-refractivity contribution in [1.82, 2.24) is 4.90 Å². The van der Waals surface area contributed by atoms with Gasteiger partial charge >= 0.3 is 0 Å². The molecule has 0 aromatic heterocycles. The summed E-state index contributed by atoms with van der Waals surface area (Å²) in [6.07, 6.45) is 0. The molecule has 108 valence electrons. The van der Waals surface area contributed by atoms with Gasteiger partial charge in [0.05, 0.1) is 6.61 Å². The minimum Gasteiger partial charge on any atom is -0.380 e. The molecule has 0 bridgehead atoms. The molecule has 1 aromatic rings. The Morgan fingerprint density at radius 3 is 2.32 bits per heavy atom. The number of nitrogens with zero attached hydrogens (tertiary/aromatic N) is 1. The van der Waals surface area contributed by atoms with Crippen molar-refractivity contribution in [2.45, 2.75) is 33.7 Å². The van der Waals surface area contributed by atoms with E-state index in [1.807, 2.05) is 6.92 Å². The number of aryl methyl sites for hydroxylation is 2. The highest BCUT2D eigenvalue weighted by atomic mass is 16.5. The Balaban J connectivity index is 2.90. The summed E-state index contributed by atoms with van der Waals surface area (Å²) in [7, 11) is 0. The van der Waals surface area contributed by atoms with Gasteiger partial charge in [0, 0.05) is 25.7 Å². The Bertz CT molecular complexity index is 359. The summed E-state index contributed by atoms with van der Waals surface area (Å²) in [6.45, 7) is 12.7. The van der Waals surface area contributed by atoms with Gasteiger partial charge in [-0.2, -0.15) is 0 Å². The maximum atomic E-state index is 6.04. The van der Waals surface area contributed by atoms with Crippen molar-refractivity contribution < 1.29 is 4.74 Å². The summed E-state index contributed by atoms with van der Waals surface area (Å²) in [5.41, 5.74) is 10.1. The van der Waals surface area contributed by atoms with Gasteiger partial charge in [0.25, 0.3) is 0 Å². The Labute approximate surface area is 117 Å². The van der Waals surface area contributed by atoms with Gasteiger partial charge in [0.2, 0.25) is 0 Å². The molecule has 3 nitrogen and oxygen atoms in total. The van der Waals surface area contributed by atoms with Crippen LogP contribution in [0.3, 0.4) is 0 Å². The van der Waals surface area contributed by atoms with Crippen molar-refractivity contribution in [3.8, 4) is 0 Å². The number of rotatable bonds is 8. The smallest absolute Gasteiger partial charge is 0.0593 e. The Kier molecular flexibility index (Phi) is 7.06. The molecular formula is C16H28N2O. The Morgan fingerprint density at radius 2 is 1.84 bits per heavy atom. The number of likely N-dealkylation sites (N-methyl/N-ethyl adjacent to an activating group) is 1. The number of hydrogen-bond acceptors (Lipinski definition) is 3. The van der Waals surface area contributed by atoms with E-state index >= 15 is 0 Å². The molecule has 1 unspecified atom stereocenters. The molecule has 19 heavy (non-hydrogen) atoms. The van der Waals surface area contributed by atoms with Crippen LogP contribution in [-0.2, 0) is 4.74 Å². The molecule has 0 aliphatic rings. The fraction of sp³-hybridized carbons (Fsp3) is 0.625. The minimum absolute atomic E-state index is 0.284. The molecule has 0 amide bonds. The Morgan fingerprint density at radius 1 is 1.21 bits per heavy atom. The zero-order valence-electron chi connectivity index (χ0n) is 12.8.